The molecule has 0 saturated heterocycles. The fourth-order valence-electron chi connectivity index (χ4n) is 2.40. The van der Waals surface area contributed by atoms with Crippen molar-refractivity contribution in [2.45, 2.75) is 40.5 Å². The molecule has 0 amide bonds. The molecule has 0 aliphatic heterocycles. The van der Waals surface area contributed by atoms with E-state index in [1.54, 1.807) is 12.3 Å². The Kier molecular flexibility index (Phi) is 6.92. The molecule has 0 saturated carbocycles. The van der Waals surface area contributed by atoms with Gasteiger partial charge in [0, 0.05) is 25.4 Å². The maximum Gasteiger partial charge on any atom is 0.328 e. The molecule has 1 aromatic rings. The minimum absolute atomic E-state index is 0.678. The standard InChI is InChI=1S/C17H26N2O2/c1-5-14(6-2)12-19(7-3)17-13(4)10-15(11-18-17)8-9-16(20)21/h8-11,14H,5-7,12H2,1-4H3,(H,20,21)/b9-8+. The van der Waals surface area contributed by atoms with Gasteiger partial charge < -0.3 is 10.0 Å². The number of pyridine rings is 1. The van der Waals surface area contributed by atoms with Crippen LogP contribution in [0, 0.1) is 12.8 Å². The third kappa shape index (κ3) is 5.21. The molecule has 1 aromatic heterocycles. The van der Waals surface area contributed by atoms with Crippen molar-refractivity contribution in [3.8, 4) is 0 Å². The molecule has 0 aliphatic rings. The number of hydrogen-bond acceptors (Lipinski definition) is 3. The van der Waals surface area contributed by atoms with Crippen LogP contribution in [0.25, 0.3) is 6.08 Å². The Balaban J connectivity index is 2.93. The highest BCUT2D eigenvalue weighted by Gasteiger charge is 2.13. The topological polar surface area (TPSA) is 53.4 Å². The Morgan fingerprint density at radius 2 is 2.05 bits per heavy atom. The minimum Gasteiger partial charge on any atom is -0.478 e. The van der Waals surface area contributed by atoms with Gasteiger partial charge in [-0.3, -0.25) is 0 Å². The first-order valence-corrected chi connectivity index (χ1v) is 7.64. The van der Waals surface area contributed by atoms with Crippen LogP contribution in [0.5, 0.6) is 0 Å². The van der Waals surface area contributed by atoms with E-state index in [1.165, 1.54) is 12.8 Å². The average Bonchev–Trinajstić information content (AvgIpc) is 2.47. The quantitative estimate of drug-likeness (QED) is 0.741. The molecule has 1 heterocycles. The van der Waals surface area contributed by atoms with Gasteiger partial charge in [0.05, 0.1) is 0 Å². The van der Waals surface area contributed by atoms with E-state index >= 15 is 0 Å². The van der Waals surface area contributed by atoms with Crippen molar-refractivity contribution < 1.29 is 9.90 Å². The van der Waals surface area contributed by atoms with Gasteiger partial charge in [-0.05, 0) is 43.0 Å². The monoisotopic (exact) mass is 290 g/mol. The van der Waals surface area contributed by atoms with Crippen LogP contribution in [0.2, 0.25) is 0 Å². The predicted molar refractivity (Wildman–Crippen MR) is 87.6 cm³/mol. The number of aryl methyl sites for hydroxylation is 1. The molecular formula is C17H26N2O2. The molecule has 0 atom stereocenters. The van der Waals surface area contributed by atoms with E-state index in [2.05, 4.69) is 30.7 Å². The molecular weight excluding hydrogens is 264 g/mol. The van der Waals surface area contributed by atoms with Crippen LogP contribution in [0.3, 0.4) is 0 Å². The van der Waals surface area contributed by atoms with Crippen LogP contribution in [-0.2, 0) is 4.79 Å². The first-order valence-electron chi connectivity index (χ1n) is 7.64. The average molecular weight is 290 g/mol. The zero-order valence-corrected chi connectivity index (χ0v) is 13.5. The number of carbonyl (C=O) groups is 1. The number of aliphatic carboxylic acids is 1. The Hall–Kier alpha value is -1.84. The lowest BCUT2D eigenvalue weighted by atomic mass is 10.0. The normalized spacial score (nSPS) is 11.3. The number of carboxylic acid groups (broad SMARTS) is 1. The lowest BCUT2D eigenvalue weighted by Gasteiger charge is -2.27. The van der Waals surface area contributed by atoms with Gasteiger partial charge in [-0.1, -0.05) is 26.7 Å². The zero-order chi connectivity index (χ0) is 15.8. The first kappa shape index (κ1) is 17.2. The Morgan fingerprint density at radius 1 is 1.38 bits per heavy atom. The third-order valence-electron chi connectivity index (χ3n) is 3.80. The summed E-state index contributed by atoms with van der Waals surface area (Å²) >= 11 is 0. The molecule has 1 N–H and O–H groups in total. The summed E-state index contributed by atoms with van der Waals surface area (Å²) in [6.45, 7) is 10.6. The van der Waals surface area contributed by atoms with Gasteiger partial charge in [-0.2, -0.15) is 0 Å². The number of hydrogen-bond donors (Lipinski definition) is 1. The summed E-state index contributed by atoms with van der Waals surface area (Å²) in [7, 11) is 0. The molecule has 116 valence electrons. The molecule has 0 radical (unpaired) electrons. The summed E-state index contributed by atoms with van der Waals surface area (Å²) in [5.41, 5.74) is 1.90. The second kappa shape index (κ2) is 8.45. The highest BCUT2D eigenvalue weighted by molar-refractivity contribution is 5.85. The van der Waals surface area contributed by atoms with Crippen LogP contribution in [0.15, 0.2) is 18.3 Å². The minimum atomic E-state index is -0.944. The van der Waals surface area contributed by atoms with Gasteiger partial charge in [0.1, 0.15) is 5.82 Å². The van der Waals surface area contributed by atoms with Crippen LogP contribution < -0.4 is 4.90 Å². The molecule has 4 heteroatoms. The van der Waals surface area contributed by atoms with Gasteiger partial charge in [0.25, 0.3) is 0 Å². The molecule has 0 spiro atoms. The largest absolute Gasteiger partial charge is 0.478 e. The molecule has 0 fully saturated rings. The number of nitrogens with zero attached hydrogens (tertiary/aromatic N) is 2. The Bertz CT molecular complexity index is 494. The van der Waals surface area contributed by atoms with E-state index in [-0.39, 0.29) is 0 Å². The van der Waals surface area contributed by atoms with E-state index in [9.17, 15) is 4.79 Å². The van der Waals surface area contributed by atoms with Crippen LogP contribution in [0.4, 0.5) is 5.82 Å². The van der Waals surface area contributed by atoms with Gasteiger partial charge in [0.15, 0.2) is 0 Å². The Labute approximate surface area is 127 Å². The van der Waals surface area contributed by atoms with E-state index < -0.39 is 5.97 Å². The lowest BCUT2D eigenvalue weighted by Crippen LogP contribution is -2.30. The molecule has 0 aliphatic carbocycles. The van der Waals surface area contributed by atoms with Crippen molar-refractivity contribution >= 4 is 17.9 Å². The van der Waals surface area contributed by atoms with Crippen LogP contribution in [0.1, 0.15) is 44.7 Å². The summed E-state index contributed by atoms with van der Waals surface area (Å²) in [4.78, 5) is 17.4. The lowest BCUT2D eigenvalue weighted by molar-refractivity contribution is -0.131. The van der Waals surface area contributed by atoms with Crippen molar-refractivity contribution in [2.24, 2.45) is 5.92 Å². The SMILES string of the molecule is CCC(CC)CN(CC)c1ncc(/C=C/C(=O)O)cc1C. The molecule has 4 nitrogen and oxygen atoms in total. The molecule has 1 rings (SSSR count). The van der Waals surface area contributed by atoms with E-state index in [4.69, 9.17) is 5.11 Å². The smallest absolute Gasteiger partial charge is 0.328 e. The predicted octanol–water partition coefficient (Wildman–Crippen LogP) is 3.75. The summed E-state index contributed by atoms with van der Waals surface area (Å²) < 4.78 is 0. The summed E-state index contributed by atoms with van der Waals surface area (Å²) in [6, 6.07) is 1.98. The van der Waals surface area contributed by atoms with Crippen molar-refractivity contribution in [2.75, 3.05) is 18.0 Å². The number of anilines is 1. The van der Waals surface area contributed by atoms with Gasteiger partial charge in [-0.15, -0.1) is 0 Å². The summed E-state index contributed by atoms with van der Waals surface area (Å²) in [5, 5.41) is 8.66. The summed E-state index contributed by atoms with van der Waals surface area (Å²) in [5.74, 6) is 0.732. The second-order valence-corrected chi connectivity index (χ2v) is 5.30. The second-order valence-electron chi connectivity index (χ2n) is 5.30. The highest BCUT2D eigenvalue weighted by atomic mass is 16.4. The molecule has 21 heavy (non-hydrogen) atoms. The van der Waals surface area contributed by atoms with Crippen molar-refractivity contribution in [1.82, 2.24) is 4.98 Å². The Morgan fingerprint density at radius 3 is 2.52 bits per heavy atom. The van der Waals surface area contributed by atoms with Gasteiger partial charge in [-0.25, -0.2) is 9.78 Å². The highest BCUT2D eigenvalue weighted by Crippen LogP contribution is 2.21. The van der Waals surface area contributed by atoms with Crippen molar-refractivity contribution in [3.63, 3.8) is 0 Å². The summed E-state index contributed by atoms with van der Waals surface area (Å²) in [6.07, 6.45) is 6.79. The molecule has 0 unspecified atom stereocenters. The van der Waals surface area contributed by atoms with E-state index in [0.717, 1.165) is 36.1 Å². The first-order chi connectivity index (χ1) is 10.0. The fraction of sp³-hybridized carbons (Fsp3) is 0.529. The zero-order valence-electron chi connectivity index (χ0n) is 13.5. The number of aromatic nitrogens is 1. The molecule has 0 aromatic carbocycles. The third-order valence-corrected chi connectivity index (χ3v) is 3.80. The van der Waals surface area contributed by atoms with E-state index in [0.29, 0.717) is 5.92 Å². The van der Waals surface area contributed by atoms with E-state index in [1.807, 2.05) is 13.0 Å². The maximum atomic E-state index is 10.6. The fourth-order valence-corrected chi connectivity index (χ4v) is 2.40. The van der Waals surface area contributed by atoms with Crippen LogP contribution >= 0.6 is 0 Å². The van der Waals surface area contributed by atoms with Gasteiger partial charge in [0.2, 0.25) is 0 Å². The molecule has 0 bridgehead atoms. The van der Waals surface area contributed by atoms with Crippen molar-refractivity contribution in [3.05, 3.63) is 29.5 Å². The number of carboxylic acids is 1. The van der Waals surface area contributed by atoms with Crippen molar-refractivity contribution in [1.29, 1.82) is 0 Å². The maximum absolute atomic E-state index is 10.6. The number of rotatable bonds is 8. The van der Waals surface area contributed by atoms with Gasteiger partial charge >= 0.3 is 5.97 Å². The van der Waals surface area contributed by atoms with Crippen LogP contribution in [-0.4, -0.2) is 29.1 Å².